The first-order valence-electron chi connectivity index (χ1n) is 6.24. The van der Waals surface area contributed by atoms with E-state index in [2.05, 4.69) is 0 Å². The van der Waals surface area contributed by atoms with E-state index in [0.29, 0.717) is 16.5 Å². The molecule has 0 aromatic rings. The van der Waals surface area contributed by atoms with Gasteiger partial charge in [0.2, 0.25) is 0 Å². The van der Waals surface area contributed by atoms with E-state index in [1.165, 1.54) is 20.0 Å². The van der Waals surface area contributed by atoms with Gasteiger partial charge in [0.05, 0.1) is 7.11 Å². The van der Waals surface area contributed by atoms with Crippen LogP contribution in [-0.4, -0.2) is 35.0 Å². The fourth-order valence-corrected chi connectivity index (χ4v) is 4.81. The predicted molar refractivity (Wildman–Crippen MR) is 71.4 cm³/mol. The van der Waals surface area contributed by atoms with Crippen LogP contribution >= 0.6 is 23.4 Å². The van der Waals surface area contributed by atoms with E-state index < -0.39 is 0 Å². The maximum absolute atomic E-state index is 11.6. The molecule has 0 bridgehead atoms. The van der Waals surface area contributed by atoms with Crippen molar-refractivity contribution in [3.63, 3.8) is 0 Å². The van der Waals surface area contributed by atoms with E-state index in [0.717, 1.165) is 19.3 Å². The van der Waals surface area contributed by atoms with Gasteiger partial charge in [-0.05, 0) is 38.0 Å². The standard InChI is InChI=1S/C12H20ClNO2S/c1-16-12(15)11-9(14)6-10(17-11)7-2-4-8(13)5-3-7/h7-11H,2-6,14H2,1H3. The van der Waals surface area contributed by atoms with E-state index in [1.54, 1.807) is 11.8 Å². The third-order valence-corrected chi connectivity index (χ3v) is 6.07. The van der Waals surface area contributed by atoms with Crippen LogP contribution in [-0.2, 0) is 9.53 Å². The lowest BCUT2D eigenvalue weighted by Crippen LogP contribution is -2.34. The summed E-state index contributed by atoms with van der Waals surface area (Å²) in [5, 5.41) is 0.694. The summed E-state index contributed by atoms with van der Waals surface area (Å²) in [6.07, 6.45) is 5.48. The predicted octanol–water partition coefficient (Wildman–Crippen LogP) is 2.16. The smallest absolute Gasteiger partial charge is 0.320 e. The lowest BCUT2D eigenvalue weighted by Gasteiger charge is -2.29. The molecule has 0 aromatic heterocycles. The zero-order valence-corrected chi connectivity index (χ0v) is 11.7. The highest BCUT2D eigenvalue weighted by molar-refractivity contribution is 8.01. The number of hydrogen-bond acceptors (Lipinski definition) is 4. The van der Waals surface area contributed by atoms with Crippen molar-refractivity contribution < 1.29 is 9.53 Å². The number of thioether (sulfide) groups is 1. The molecular weight excluding hydrogens is 258 g/mol. The minimum atomic E-state index is -0.170. The highest BCUT2D eigenvalue weighted by Crippen LogP contribution is 2.43. The molecule has 0 spiro atoms. The molecule has 17 heavy (non-hydrogen) atoms. The second-order valence-electron chi connectivity index (χ2n) is 5.03. The summed E-state index contributed by atoms with van der Waals surface area (Å²) in [4.78, 5) is 11.6. The van der Waals surface area contributed by atoms with Crippen LogP contribution in [0.3, 0.4) is 0 Å². The molecule has 1 heterocycles. The van der Waals surface area contributed by atoms with Gasteiger partial charge in [-0.15, -0.1) is 23.4 Å². The van der Waals surface area contributed by atoms with Crippen molar-refractivity contribution in [3.8, 4) is 0 Å². The summed E-state index contributed by atoms with van der Waals surface area (Å²) in [6.45, 7) is 0. The number of nitrogens with two attached hydrogens (primary N) is 1. The van der Waals surface area contributed by atoms with Gasteiger partial charge in [-0.25, -0.2) is 0 Å². The number of hydrogen-bond donors (Lipinski definition) is 1. The van der Waals surface area contributed by atoms with Gasteiger partial charge in [0.25, 0.3) is 0 Å². The molecule has 2 aliphatic rings. The lowest BCUT2D eigenvalue weighted by molar-refractivity contribution is -0.140. The van der Waals surface area contributed by atoms with Gasteiger partial charge < -0.3 is 10.5 Å². The third-order valence-electron chi connectivity index (χ3n) is 3.88. The molecular formula is C12H20ClNO2S. The molecule has 3 atom stereocenters. The zero-order valence-electron chi connectivity index (χ0n) is 10.1. The molecule has 2 N–H and O–H groups in total. The number of rotatable bonds is 2. The second-order valence-corrected chi connectivity index (χ2v) is 7.03. The molecule has 3 nitrogen and oxygen atoms in total. The van der Waals surface area contributed by atoms with Crippen molar-refractivity contribution in [2.24, 2.45) is 11.7 Å². The molecule has 0 radical (unpaired) electrons. The first-order valence-corrected chi connectivity index (χ1v) is 7.62. The summed E-state index contributed by atoms with van der Waals surface area (Å²) < 4.78 is 4.80. The minimum Gasteiger partial charge on any atom is -0.468 e. The zero-order chi connectivity index (χ0) is 12.4. The van der Waals surface area contributed by atoms with E-state index in [4.69, 9.17) is 22.1 Å². The molecule has 2 fully saturated rings. The number of ether oxygens (including phenoxy) is 1. The van der Waals surface area contributed by atoms with E-state index in [-0.39, 0.29) is 17.3 Å². The first-order chi connectivity index (χ1) is 8.11. The molecule has 1 saturated heterocycles. The minimum absolute atomic E-state index is 0.0498. The van der Waals surface area contributed by atoms with E-state index in [9.17, 15) is 4.79 Å². The summed E-state index contributed by atoms with van der Waals surface area (Å²) in [7, 11) is 1.43. The number of alkyl halides is 1. The van der Waals surface area contributed by atoms with Crippen LogP contribution in [0.5, 0.6) is 0 Å². The number of esters is 1. The normalized spacial score (nSPS) is 42.4. The molecule has 0 aromatic carbocycles. The second kappa shape index (κ2) is 5.81. The van der Waals surface area contributed by atoms with E-state index >= 15 is 0 Å². The van der Waals surface area contributed by atoms with Crippen molar-refractivity contribution in [1.29, 1.82) is 0 Å². The Morgan fingerprint density at radius 1 is 1.35 bits per heavy atom. The lowest BCUT2D eigenvalue weighted by atomic mass is 9.84. The molecule has 98 valence electrons. The number of carbonyl (C=O) groups is 1. The summed E-state index contributed by atoms with van der Waals surface area (Å²) in [5.74, 6) is 0.506. The van der Waals surface area contributed by atoms with Crippen molar-refractivity contribution in [2.45, 2.75) is 54.0 Å². The van der Waals surface area contributed by atoms with Crippen LogP contribution in [0.25, 0.3) is 0 Å². The molecule has 1 aliphatic carbocycles. The molecule has 1 saturated carbocycles. The van der Waals surface area contributed by atoms with Crippen LogP contribution in [0.4, 0.5) is 0 Å². The molecule has 1 aliphatic heterocycles. The average Bonchev–Trinajstić information content (AvgIpc) is 2.71. The van der Waals surface area contributed by atoms with Crippen LogP contribution < -0.4 is 5.73 Å². The quantitative estimate of drug-likeness (QED) is 0.621. The monoisotopic (exact) mass is 277 g/mol. The Bertz CT molecular complexity index is 282. The molecule has 0 amide bonds. The highest BCUT2D eigenvalue weighted by Gasteiger charge is 2.41. The van der Waals surface area contributed by atoms with Crippen LogP contribution in [0, 0.1) is 5.92 Å². The van der Waals surface area contributed by atoms with Crippen molar-refractivity contribution >= 4 is 29.3 Å². The Labute approximate surface area is 112 Å². The van der Waals surface area contributed by atoms with Crippen LogP contribution in [0.15, 0.2) is 0 Å². The van der Waals surface area contributed by atoms with Gasteiger partial charge in [-0.3, -0.25) is 4.79 Å². The van der Waals surface area contributed by atoms with Gasteiger partial charge in [-0.2, -0.15) is 0 Å². The van der Waals surface area contributed by atoms with Gasteiger partial charge >= 0.3 is 5.97 Å². The fraction of sp³-hybridized carbons (Fsp3) is 0.917. The van der Waals surface area contributed by atoms with Gasteiger partial charge in [0.1, 0.15) is 5.25 Å². The molecule has 2 rings (SSSR count). The number of carbonyl (C=O) groups excluding carboxylic acids is 1. The topological polar surface area (TPSA) is 52.3 Å². The van der Waals surface area contributed by atoms with Crippen LogP contribution in [0.1, 0.15) is 32.1 Å². The average molecular weight is 278 g/mol. The van der Waals surface area contributed by atoms with Gasteiger partial charge in [-0.1, -0.05) is 0 Å². The summed E-state index contributed by atoms with van der Waals surface area (Å²) in [5.41, 5.74) is 6.03. The summed E-state index contributed by atoms with van der Waals surface area (Å²) >= 11 is 7.83. The van der Waals surface area contributed by atoms with Crippen molar-refractivity contribution in [2.75, 3.05) is 7.11 Å². The fourth-order valence-electron chi connectivity index (χ4n) is 2.84. The maximum Gasteiger partial charge on any atom is 0.320 e. The Morgan fingerprint density at radius 2 is 2.00 bits per heavy atom. The van der Waals surface area contributed by atoms with Gasteiger partial charge in [0, 0.05) is 16.7 Å². The Balaban J connectivity index is 1.90. The molecule has 3 unspecified atom stereocenters. The Hall–Kier alpha value is 0.0700. The number of methoxy groups -OCH3 is 1. The Kier molecular flexibility index (Phi) is 4.61. The number of halogens is 1. The largest absolute Gasteiger partial charge is 0.468 e. The highest BCUT2D eigenvalue weighted by atomic mass is 35.5. The van der Waals surface area contributed by atoms with E-state index in [1.807, 2.05) is 0 Å². The van der Waals surface area contributed by atoms with Crippen LogP contribution in [0.2, 0.25) is 0 Å². The first kappa shape index (κ1) is 13.5. The van der Waals surface area contributed by atoms with Gasteiger partial charge in [0.15, 0.2) is 0 Å². The van der Waals surface area contributed by atoms with Crippen molar-refractivity contribution in [3.05, 3.63) is 0 Å². The summed E-state index contributed by atoms with van der Waals surface area (Å²) in [6, 6.07) is -0.0498. The Morgan fingerprint density at radius 3 is 2.59 bits per heavy atom. The van der Waals surface area contributed by atoms with Crippen molar-refractivity contribution in [1.82, 2.24) is 0 Å². The maximum atomic E-state index is 11.6. The molecule has 5 heteroatoms. The third kappa shape index (κ3) is 3.09. The SMILES string of the molecule is COC(=O)C1SC(C2CCC(Cl)CC2)CC1N.